The van der Waals surface area contributed by atoms with Gasteiger partial charge in [0.25, 0.3) is 0 Å². The van der Waals surface area contributed by atoms with Crippen LogP contribution < -0.4 is 16.0 Å². The Kier molecular flexibility index (Phi) is 7.31. The molecule has 1 aromatic heterocycles. The maximum absolute atomic E-state index is 12.3. The topological polar surface area (TPSA) is 110 Å². The van der Waals surface area contributed by atoms with E-state index in [9.17, 15) is 9.90 Å². The summed E-state index contributed by atoms with van der Waals surface area (Å²) in [7, 11) is 0. The van der Waals surface area contributed by atoms with E-state index in [0.29, 0.717) is 29.4 Å². The number of aliphatic hydroxyl groups is 1. The second-order valence-corrected chi connectivity index (χ2v) is 6.73. The maximum Gasteiger partial charge on any atom is 0.320 e. The van der Waals surface area contributed by atoms with Crippen LogP contribution in [0.3, 0.4) is 0 Å². The summed E-state index contributed by atoms with van der Waals surface area (Å²) in [5, 5.41) is 26.0. The van der Waals surface area contributed by atoms with Crippen LogP contribution in [-0.4, -0.2) is 28.9 Å². The van der Waals surface area contributed by atoms with Gasteiger partial charge in [0.2, 0.25) is 0 Å². The molecule has 0 saturated carbocycles. The molecule has 1 aromatic carbocycles. The van der Waals surface area contributed by atoms with Crippen molar-refractivity contribution in [2.24, 2.45) is 5.92 Å². The molecule has 7 heteroatoms. The third-order valence-electron chi connectivity index (χ3n) is 4.01. The summed E-state index contributed by atoms with van der Waals surface area (Å²) in [6, 6.07) is 10.7. The van der Waals surface area contributed by atoms with E-state index >= 15 is 0 Å². The molecule has 2 aromatic rings. The minimum absolute atomic E-state index is 0.169. The smallest absolute Gasteiger partial charge is 0.320 e. The number of urea groups is 1. The molecule has 0 aliphatic carbocycles. The first-order valence-corrected chi connectivity index (χ1v) is 8.96. The van der Waals surface area contributed by atoms with Crippen molar-refractivity contribution in [2.45, 2.75) is 33.4 Å². The number of rotatable bonds is 8. The van der Waals surface area contributed by atoms with Gasteiger partial charge in [-0.15, -0.1) is 0 Å². The number of nitrogens with one attached hydrogen (secondary N) is 4. The van der Waals surface area contributed by atoms with Crippen molar-refractivity contribution in [1.82, 2.24) is 10.3 Å². The Bertz CT molecular complexity index is 777. The number of aromatic nitrogens is 1. The number of carbonyl (C=O) groups excluding carboxylic acids is 1. The maximum atomic E-state index is 12.3. The second-order valence-electron chi connectivity index (χ2n) is 6.73. The van der Waals surface area contributed by atoms with Crippen molar-refractivity contribution in [3.05, 3.63) is 53.2 Å². The highest BCUT2D eigenvalue weighted by molar-refractivity contribution is 5.92. The first-order chi connectivity index (χ1) is 12.9. The molecule has 2 rings (SSSR count). The molecule has 1 atom stereocenters. The Hall–Kier alpha value is -2.93. The molecule has 0 saturated heterocycles. The molecule has 0 aliphatic heterocycles. The van der Waals surface area contributed by atoms with Gasteiger partial charge in [0.15, 0.2) is 0 Å². The monoisotopic (exact) mass is 369 g/mol. The van der Waals surface area contributed by atoms with Gasteiger partial charge in [0.1, 0.15) is 5.82 Å². The lowest BCUT2D eigenvalue weighted by Gasteiger charge is -2.18. The molecule has 144 valence electrons. The van der Waals surface area contributed by atoms with Crippen molar-refractivity contribution >= 4 is 23.8 Å². The van der Waals surface area contributed by atoms with E-state index in [4.69, 9.17) is 5.41 Å². The van der Waals surface area contributed by atoms with E-state index < -0.39 is 6.03 Å². The molecule has 0 aliphatic rings. The molecule has 27 heavy (non-hydrogen) atoms. The molecule has 0 spiro atoms. The zero-order chi connectivity index (χ0) is 19.8. The highest BCUT2D eigenvalue weighted by Gasteiger charge is 2.14. The molecule has 5 N–H and O–H groups in total. The number of nitrogens with zero attached hydrogens (tertiary/aromatic N) is 1. The number of aliphatic hydroxyl groups excluding tert-OH is 1. The van der Waals surface area contributed by atoms with Gasteiger partial charge >= 0.3 is 6.03 Å². The summed E-state index contributed by atoms with van der Waals surface area (Å²) in [5.41, 5.74) is 2.55. The van der Waals surface area contributed by atoms with E-state index in [0.717, 1.165) is 5.56 Å². The Balaban J connectivity index is 2.13. The number of carbonyl (C=O) groups is 1. The van der Waals surface area contributed by atoms with E-state index in [1.807, 2.05) is 37.3 Å². The Labute approximate surface area is 159 Å². The van der Waals surface area contributed by atoms with Gasteiger partial charge in [-0.05, 0) is 24.5 Å². The number of benzene rings is 1. The minimum atomic E-state index is -0.401. The molecule has 0 radical (unpaired) electrons. The van der Waals surface area contributed by atoms with E-state index in [1.165, 1.54) is 6.21 Å². The molecule has 2 amide bonds. The largest absolute Gasteiger partial charge is 0.390 e. The average Bonchev–Trinajstić information content (AvgIpc) is 2.66. The number of hydrogen-bond acceptors (Lipinski definition) is 5. The Morgan fingerprint density at radius 3 is 2.56 bits per heavy atom. The molecular formula is C20H27N5O2. The SMILES string of the molecule is CC(C)CNc1c(C=N)cc(NC(=O)NC(C)c2ccccc2)nc1CO. The average molecular weight is 369 g/mol. The quantitative estimate of drug-likeness (QED) is 0.459. The van der Waals surface area contributed by atoms with Crippen LogP contribution in [0.2, 0.25) is 0 Å². The Morgan fingerprint density at radius 1 is 1.26 bits per heavy atom. The van der Waals surface area contributed by atoms with E-state index in [-0.39, 0.29) is 18.5 Å². The Morgan fingerprint density at radius 2 is 1.96 bits per heavy atom. The van der Waals surface area contributed by atoms with Gasteiger partial charge in [-0.25, -0.2) is 9.78 Å². The molecule has 0 bridgehead atoms. The number of anilines is 2. The lowest BCUT2D eigenvalue weighted by Crippen LogP contribution is -2.31. The highest BCUT2D eigenvalue weighted by Crippen LogP contribution is 2.23. The van der Waals surface area contributed by atoms with Crippen LogP contribution in [0.4, 0.5) is 16.3 Å². The summed E-state index contributed by atoms with van der Waals surface area (Å²) in [6.07, 6.45) is 1.18. The first kappa shape index (κ1) is 20.4. The lowest BCUT2D eigenvalue weighted by molar-refractivity contribution is 0.249. The summed E-state index contributed by atoms with van der Waals surface area (Å²) in [4.78, 5) is 16.6. The fourth-order valence-electron chi connectivity index (χ4n) is 2.60. The van der Waals surface area contributed by atoms with Crippen LogP contribution in [0.25, 0.3) is 0 Å². The molecular weight excluding hydrogens is 342 g/mol. The molecule has 7 nitrogen and oxygen atoms in total. The molecule has 1 heterocycles. The normalized spacial score (nSPS) is 11.7. The van der Waals surface area contributed by atoms with Crippen LogP contribution in [0, 0.1) is 11.3 Å². The van der Waals surface area contributed by atoms with Gasteiger partial charge < -0.3 is 21.1 Å². The van der Waals surface area contributed by atoms with Crippen LogP contribution in [-0.2, 0) is 6.61 Å². The summed E-state index contributed by atoms with van der Waals surface area (Å²) < 4.78 is 0. The van der Waals surface area contributed by atoms with Crippen LogP contribution in [0.1, 0.15) is 43.6 Å². The van der Waals surface area contributed by atoms with Gasteiger partial charge in [-0.2, -0.15) is 0 Å². The van der Waals surface area contributed by atoms with Crippen molar-refractivity contribution in [3.8, 4) is 0 Å². The van der Waals surface area contributed by atoms with Crippen molar-refractivity contribution in [1.29, 1.82) is 5.41 Å². The van der Waals surface area contributed by atoms with Crippen LogP contribution in [0.15, 0.2) is 36.4 Å². The van der Waals surface area contributed by atoms with Gasteiger partial charge in [-0.3, -0.25) is 5.32 Å². The lowest BCUT2D eigenvalue weighted by atomic mass is 10.1. The standard InChI is InChI=1S/C20H27N5O2/c1-13(2)11-22-19-16(10-21)9-18(24-17(19)12-26)25-20(27)23-14(3)15-7-5-4-6-8-15/h4-10,13-14,21-22,26H,11-12H2,1-3H3,(H2,23,24,25,27). The molecule has 1 unspecified atom stereocenters. The van der Waals surface area contributed by atoms with Gasteiger partial charge in [-0.1, -0.05) is 44.2 Å². The van der Waals surface area contributed by atoms with Gasteiger partial charge in [0.05, 0.1) is 24.0 Å². The van der Waals surface area contributed by atoms with Crippen LogP contribution in [0.5, 0.6) is 0 Å². The minimum Gasteiger partial charge on any atom is -0.390 e. The molecule has 0 fully saturated rings. The highest BCUT2D eigenvalue weighted by atomic mass is 16.3. The van der Waals surface area contributed by atoms with Gasteiger partial charge in [0, 0.05) is 18.3 Å². The first-order valence-electron chi connectivity index (χ1n) is 8.96. The second kappa shape index (κ2) is 9.68. The fraction of sp³-hybridized carbons (Fsp3) is 0.350. The van der Waals surface area contributed by atoms with Crippen molar-refractivity contribution in [2.75, 3.05) is 17.2 Å². The third kappa shape index (κ3) is 5.79. The fourth-order valence-corrected chi connectivity index (χ4v) is 2.60. The predicted molar refractivity (Wildman–Crippen MR) is 108 cm³/mol. The predicted octanol–water partition coefficient (Wildman–Crippen LogP) is 3.52. The summed E-state index contributed by atoms with van der Waals surface area (Å²) >= 11 is 0. The summed E-state index contributed by atoms with van der Waals surface area (Å²) in [5.74, 6) is 0.684. The zero-order valence-corrected chi connectivity index (χ0v) is 15.9. The van der Waals surface area contributed by atoms with Crippen molar-refractivity contribution < 1.29 is 9.90 Å². The van der Waals surface area contributed by atoms with Crippen LogP contribution >= 0.6 is 0 Å². The van der Waals surface area contributed by atoms with E-state index in [2.05, 4.69) is 34.8 Å². The number of pyridine rings is 1. The van der Waals surface area contributed by atoms with Crippen molar-refractivity contribution in [3.63, 3.8) is 0 Å². The third-order valence-corrected chi connectivity index (χ3v) is 4.01. The number of hydrogen-bond donors (Lipinski definition) is 5. The number of amides is 2. The van der Waals surface area contributed by atoms with E-state index in [1.54, 1.807) is 6.07 Å². The zero-order valence-electron chi connectivity index (χ0n) is 15.9. The summed E-state index contributed by atoms with van der Waals surface area (Å²) in [6.45, 7) is 6.42.